The first-order chi connectivity index (χ1) is 14.4. The molecule has 2 aliphatic carbocycles. The fraction of sp³-hybridized carbons (Fsp3) is 0.417. The van der Waals surface area contributed by atoms with Gasteiger partial charge in [0.05, 0.1) is 17.0 Å². The zero-order valence-corrected chi connectivity index (χ0v) is 18.3. The summed E-state index contributed by atoms with van der Waals surface area (Å²) in [5.41, 5.74) is 1.05. The Bertz CT molecular complexity index is 949. The van der Waals surface area contributed by atoms with Crippen LogP contribution in [0.3, 0.4) is 0 Å². The molecule has 0 aromatic heterocycles. The number of carboxylic acids is 1. The molecule has 0 aliphatic heterocycles. The number of rotatable bonds is 7. The third-order valence-electron chi connectivity index (χ3n) is 6.52. The van der Waals surface area contributed by atoms with E-state index in [0.29, 0.717) is 19.3 Å². The predicted octanol–water partition coefficient (Wildman–Crippen LogP) is 5.91. The average molecular weight is 474 g/mol. The highest BCUT2D eigenvalue weighted by atomic mass is 79.9. The molecule has 1 amide bonds. The van der Waals surface area contributed by atoms with E-state index in [1.54, 1.807) is 12.1 Å². The lowest BCUT2D eigenvalue weighted by atomic mass is 9.84. The lowest BCUT2D eigenvalue weighted by Crippen LogP contribution is -2.27. The molecular weight excluding hydrogens is 449 g/mol. The molecule has 2 fully saturated rings. The van der Waals surface area contributed by atoms with Gasteiger partial charge in [-0.05, 0) is 73.4 Å². The Hall–Kier alpha value is -2.21. The summed E-state index contributed by atoms with van der Waals surface area (Å²) in [6.07, 6.45) is 5.79. The zero-order valence-electron chi connectivity index (χ0n) is 16.7. The fourth-order valence-electron chi connectivity index (χ4n) is 4.59. The quantitative estimate of drug-likeness (QED) is 0.525. The molecule has 158 valence electrons. The summed E-state index contributed by atoms with van der Waals surface area (Å²) >= 11 is 3.43. The van der Waals surface area contributed by atoms with Crippen LogP contribution in [0.4, 0.5) is 10.1 Å². The second kappa shape index (κ2) is 8.50. The van der Waals surface area contributed by atoms with Crippen LogP contribution < -0.4 is 5.32 Å². The van der Waals surface area contributed by atoms with E-state index in [1.165, 1.54) is 6.07 Å². The van der Waals surface area contributed by atoms with Gasteiger partial charge in [-0.1, -0.05) is 47.0 Å². The molecule has 6 heteroatoms. The maximum atomic E-state index is 14.5. The van der Waals surface area contributed by atoms with Crippen molar-refractivity contribution >= 4 is 33.5 Å². The number of benzene rings is 2. The molecule has 30 heavy (non-hydrogen) atoms. The van der Waals surface area contributed by atoms with E-state index in [0.717, 1.165) is 41.3 Å². The molecule has 0 bridgehead atoms. The molecule has 1 atom stereocenters. The van der Waals surface area contributed by atoms with Crippen molar-refractivity contribution in [1.82, 2.24) is 0 Å². The van der Waals surface area contributed by atoms with Crippen LogP contribution in [0.25, 0.3) is 0 Å². The van der Waals surface area contributed by atoms with E-state index in [-0.39, 0.29) is 23.4 Å². The van der Waals surface area contributed by atoms with Gasteiger partial charge in [-0.25, -0.2) is 4.39 Å². The Morgan fingerprint density at radius 3 is 2.40 bits per heavy atom. The second-order valence-corrected chi connectivity index (χ2v) is 9.56. The summed E-state index contributed by atoms with van der Waals surface area (Å²) in [6.45, 7) is 0. The summed E-state index contributed by atoms with van der Waals surface area (Å²) in [5.74, 6) is -1.63. The number of nitrogens with one attached hydrogen (secondary N) is 1. The van der Waals surface area contributed by atoms with E-state index in [9.17, 15) is 19.1 Å². The van der Waals surface area contributed by atoms with Gasteiger partial charge in [0, 0.05) is 4.47 Å². The van der Waals surface area contributed by atoms with Gasteiger partial charge < -0.3 is 10.4 Å². The van der Waals surface area contributed by atoms with Crippen molar-refractivity contribution in [2.45, 2.75) is 50.9 Å². The van der Waals surface area contributed by atoms with E-state index < -0.39 is 17.2 Å². The standard InChI is InChI=1S/C24H25BrFNO3/c25-18-8-6-17(7-9-18)21(16-3-1-2-4-16)22(28)27-20-13-15(5-10-19(20)26)14-24(11-12-24)23(29)30/h5-10,13,16,21H,1-4,11-12,14H2,(H,27,28)(H,29,30). The summed E-state index contributed by atoms with van der Waals surface area (Å²) < 4.78 is 15.4. The number of carbonyl (C=O) groups is 2. The molecule has 2 aliphatic rings. The number of aliphatic carboxylic acids is 1. The molecule has 2 saturated carbocycles. The maximum Gasteiger partial charge on any atom is 0.309 e. The van der Waals surface area contributed by atoms with Gasteiger partial charge in [0.2, 0.25) is 5.91 Å². The van der Waals surface area contributed by atoms with Gasteiger partial charge in [0.25, 0.3) is 0 Å². The van der Waals surface area contributed by atoms with Crippen molar-refractivity contribution in [2.24, 2.45) is 11.3 Å². The minimum absolute atomic E-state index is 0.124. The Balaban J connectivity index is 1.56. The molecule has 4 nitrogen and oxygen atoms in total. The first kappa shape index (κ1) is 21.0. The largest absolute Gasteiger partial charge is 0.481 e. The summed E-state index contributed by atoms with van der Waals surface area (Å²) in [5, 5.41) is 12.2. The first-order valence-corrected chi connectivity index (χ1v) is 11.3. The minimum atomic E-state index is -0.811. The van der Waals surface area contributed by atoms with Gasteiger partial charge in [-0.3, -0.25) is 9.59 Å². The third kappa shape index (κ3) is 4.43. The minimum Gasteiger partial charge on any atom is -0.481 e. The number of carbonyl (C=O) groups excluding carboxylic acids is 1. The molecule has 0 heterocycles. The smallest absolute Gasteiger partial charge is 0.309 e. The molecule has 2 aromatic carbocycles. The Morgan fingerprint density at radius 2 is 1.80 bits per heavy atom. The van der Waals surface area contributed by atoms with Crippen molar-refractivity contribution < 1.29 is 19.1 Å². The average Bonchev–Trinajstić information content (AvgIpc) is 3.31. The number of hydrogen-bond acceptors (Lipinski definition) is 2. The molecule has 2 aromatic rings. The number of halogens is 2. The van der Waals surface area contributed by atoms with Crippen LogP contribution in [0, 0.1) is 17.2 Å². The summed E-state index contributed by atoms with van der Waals surface area (Å²) in [4.78, 5) is 24.8. The van der Waals surface area contributed by atoms with Crippen LogP contribution >= 0.6 is 15.9 Å². The topological polar surface area (TPSA) is 66.4 Å². The van der Waals surface area contributed by atoms with Crippen molar-refractivity contribution in [2.75, 3.05) is 5.32 Å². The van der Waals surface area contributed by atoms with E-state index in [2.05, 4.69) is 21.2 Å². The summed E-state index contributed by atoms with van der Waals surface area (Å²) in [6, 6.07) is 12.2. The summed E-state index contributed by atoms with van der Waals surface area (Å²) in [7, 11) is 0. The highest BCUT2D eigenvalue weighted by Crippen LogP contribution is 2.49. The van der Waals surface area contributed by atoms with E-state index >= 15 is 0 Å². The second-order valence-electron chi connectivity index (χ2n) is 8.64. The van der Waals surface area contributed by atoms with Crippen molar-refractivity contribution in [3.8, 4) is 0 Å². The Kier molecular flexibility index (Phi) is 5.96. The lowest BCUT2D eigenvalue weighted by molar-refractivity contribution is -0.143. The number of anilines is 1. The molecule has 0 radical (unpaired) electrons. The third-order valence-corrected chi connectivity index (χ3v) is 7.05. The van der Waals surface area contributed by atoms with Gasteiger partial charge in [0.15, 0.2) is 0 Å². The Labute approximate surface area is 184 Å². The van der Waals surface area contributed by atoms with Crippen LogP contribution in [0.5, 0.6) is 0 Å². The van der Waals surface area contributed by atoms with Crippen molar-refractivity contribution in [3.63, 3.8) is 0 Å². The fourth-order valence-corrected chi connectivity index (χ4v) is 4.86. The number of amides is 1. The molecule has 1 unspecified atom stereocenters. The van der Waals surface area contributed by atoms with Crippen LogP contribution in [-0.4, -0.2) is 17.0 Å². The van der Waals surface area contributed by atoms with Gasteiger partial charge in [0.1, 0.15) is 5.82 Å². The van der Waals surface area contributed by atoms with Gasteiger partial charge in [-0.15, -0.1) is 0 Å². The van der Waals surface area contributed by atoms with E-state index in [1.807, 2.05) is 24.3 Å². The van der Waals surface area contributed by atoms with Crippen LogP contribution in [-0.2, 0) is 16.0 Å². The molecule has 0 spiro atoms. The van der Waals surface area contributed by atoms with Gasteiger partial charge >= 0.3 is 5.97 Å². The lowest BCUT2D eigenvalue weighted by Gasteiger charge is -2.23. The normalized spacial score (nSPS) is 18.7. The van der Waals surface area contributed by atoms with Gasteiger partial charge in [-0.2, -0.15) is 0 Å². The molecule has 4 rings (SSSR count). The Morgan fingerprint density at radius 1 is 1.13 bits per heavy atom. The van der Waals surface area contributed by atoms with E-state index in [4.69, 9.17) is 0 Å². The van der Waals surface area contributed by atoms with Crippen molar-refractivity contribution in [1.29, 1.82) is 0 Å². The monoisotopic (exact) mass is 473 g/mol. The molecule has 0 saturated heterocycles. The first-order valence-electron chi connectivity index (χ1n) is 10.5. The van der Waals surface area contributed by atoms with Crippen molar-refractivity contribution in [3.05, 3.63) is 63.9 Å². The highest BCUT2D eigenvalue weighted by molar-refractivity contribution is 9.10. The predicted molar refractivity (Wildman–Crippen MR) is 117 cm³/mol. The zero-order chi connectivity index (χ0) is 21.3. The van der Waals surface area contributed by atoms with Crippen LogP contribution in [0.15, 0.2) is 46.9 Å². The SMILES string of the molecule is O=C(Nc1cc(CC2(C(=O)O)CC2)ccc1F)C(c1ccc(Br)cc1)C1CCCC1. The number of carboxylic acid groups (broad SMARTS) is 1. The molecular formula is C24H25BrFNO3. The maximum absolute atomic E-state index is 14.5. The molecule has 2 N–H and O–H groups in total. The number of hydrogen-bond donors (Lipinski definition) is 2. The highest BCUT2D eigenvalue weighted by Gasteiger charge is 2.50. The van der Waals surface area contributed by atoms with Crippen LogP contribution in [0.2, 0.25) is 0 Å². The van der Waals surface area contributed by atoms with Crippen LogP contribution in [0.1, 0.15) is 55.6 Å².